The van der Waals surface area contributed by atoms with Gasteiger partial charge in [0, 0.05) is 29.2 Å². The van der Waals surface area contributed by atoms with Gasteiger partial charge in [-0.3, -0.25) is 14.4 Å². The van der Waals surface area contributed by atoms with Gasteiger partial charge in [0.05, 0.1) is 5.92 Å². The maximum Gasteiger partial charge on any atom is 0.307 e. The Balaban J connectivity index is 1.45. The van der Waals surface area contributed by atoms with E-state index in [0.29, 0.717) is 35.2 Å². The standard InChI is InChI=1S/C28H35ClN2O4/c1-28(2,3)24(27(34)35)20-8-4-18(5-9-20)19-6-10-21(11-7-19)25(32)30-16-17-31-26(33)22-12-14-23(29)15-13-22/h6-7,10-15,18,20,24H,4-5,8-9,16-17H2,1-3H3,(H,30,32)(H,31,33)(H,34,35). The van der Waals surface area contributed by atoms with Gasteiger partial charge in [-0.15, -0.1) is 0 Å². The smallest absolute Gasteiger partial charge is 0.307 e. The van der Waals surface area contributed by atoms with Gasteiger partial charge >= 0.3 is 5.97 Å². The van der Waals surface area contributed by atoms with Crippen LogP contribution in [-0.2, 0) is 4.79 Å². The summed E-state index contributed by atoms with van der Waals surface area (Å²) in [4.78, 5) is 36.4. The third-order valence-electron chi connectivity index (χ3n) is 6.89. The molecule has 6 nitrogen and oxygen atoms in total. The number of benzene rings is 2. The Kier molecular flexibility index (Phi) is 8.95. The van der Waals surface area contributed by atoms with Crippen molar-refractivity contribution in [2.24, 2.45) is 17.3 Å². The largest absolute Gasteiger partial charge is 0.481 e. The minimum atomic E-state index is -0.694. The maximum atomic E-state index is 12.5. The molecule has 3 N–H and O–H groups in total. The molecular formula is C28H35ClN2O4. The first kappa shape index (κ1) is 26.7. The topological polar surface area (TPSA) is 95.5 Å². The van der Waals surface area contributed by atoms with E-state index in [2.05, 4.69) is 10.6 Å². The van der Waals surface area contributed by atoms with Gasteiger partial charge in [0.25, 0.3) is 11.8 Å². The van der Waals surface area contributed by atoms with Crippen molar-refractivity contribution in [1.82, 2.24) is 10.6 Å². The van der Waals surface area contributed by atoms with Crippen LogP contribution < -0.4 is 10.6 Å². The number of carbonyl (C=O) groups excluding carboxylic acids is 2. The van der Waals surface area contributed by atoms with Crippen molar-refractivity contribution < 1.29 is 19.5 Å². The molecule has 2 amide bonds. The highest BCUT2D eigenvalue weighted by atomic mass is 35.5. The summed E-state index contributed by atoms with van der Waals surface area (Å²) in [6, 6.07) is 14.3. The van der Waals surface area contributed by atoms with Gasteiger partial charge in [0.2, 0.25) is 0 Å². The molecule has 35 heavy (non-hydrogen) atoms. The second-order valence-corrected chi connectivity index (χ2v) is 10.9. The number of hydrogen-bond acceptors (Lipinski definition) is 3. The molecule has 1 atom stereocenters. The van der Waals surface area contributed by atoms with E-state index in [9.17, 15) is 19.5 Å². The molecule has 1 aliphatic carbocycles. The number of carboxylic acid groups (broad SMARTS) is 1. The van der Waals surface area contributed by atoms with E-state index in [1.165, 1.54) is 5.56 Å². The van der Waals surface area contributed by atoms with Crippen LogP contribution >= 0.6 is 11.6 Å². The molecule has 3 rings (SSSR count). The third kappa shape index (κ3) is 7.31. The Morgan fingerprint density at radius 1 is 0.857 bits per heavy atom. The van der Waals surface area contributed by atoms with Crippen molar-refractivity contribution in [3.05, 3.63) is 70.2 Å². The average Bonchev–Trinajstić information content (AvgIpc) is 2.81. The Hall–Kier alpha value is -2.86. The first-order valence-corrected chi connectivity index (χ1v) is 12.6. The molecule has 188 valence electrons. The fraction of sp³-hybridized carbons (Fsp3) is 0.464. The lowest BCUT2D eigenvalue weighted by Gasteiger charge is -2.38. The zero-order chi connectivity index (χ0) is 25.6. The molecule has 1 unspecified atom stereocenters. The summed E-state index contributed by atoms with van der Waals surface area (Å²) in [6.07, 6.45) is 3.73. The van der Waals surface area contributed by atoms with Crippen molar-refractivity contribution in [2.45, 2.75) is 52.4 Å². The monoisotopic (exact) mass is 498 g/mol. The molecule has 0 spiro atoms. The summed E-state index contributed by atoms with van der Waals surface area (Å²) in [5.41, 5.74) is 2.03. The molecule has 2 aromatic rings. The van der Waals surface area contributed by atoms with Crippen molar-refractivity contribution in [3.8, 4) is 0 Å². The summed E-state index contributed by atoms with van der Waals surface area (Å²) >= 11 is 5.83. The van der Waals surface area contributed by atoms with E-state index in [1.807, 2.05) is 45.0 Å². The SMILES string of the molecule is CC(C)(C)C(C(=O)O)C1CCC(c2ccc(C(=O)NCCNC(=O)c3ccc(Cl)cc3)cc2)CC1. The fourth-order valence-electron chi connectivity index (χ4n) is 5.13. The molecule has 0 aliphatic heterocycles. The molecule has 0 heterocycles. The van der Waals surface area contributed by atoms with Crippen LogP contribution in [-0.4, -0.2) is 36.0 Å². The highest BCUT2D eigenvalue weighted by molar-refractivity contribution is 6.30. The van der Waals surface area contributed by atoms with Gasteiger partial charge in [-0.05, 0) is 84.9 Å². The van der Waals surface area contributed by atoms with Crippen LogP contribution in [0.4, 0.5) is 0 Å². The molecule has 0 radical (unpaired) electrons. The lowest BCUT2D eigenvalue weighted by molar-refractivity contribution is -0.149. The van der Waals surface area contributed by atoms with Crippen LogP contribution in [0.2, 0.25) is 5.02 Å². The van der Waals surface area contributed by atoms with Crippen LogP contribution in [0.25, 0.3) is 0 Å². The molecule has 2 aromatic carbocycles. The van der Waals surface area contributed by atoms with E-state index < -0.39 is 5.97 Å². The van der Waals surface area contributed by atoms with Crippen molar-refractivity contribution in [2.75, 3.05) is 13.1 Å². The second-order valence-electron chi connectivity index (χ2n) is 10.4. The zero-order valence-electron chi connectivity index (χ0n) is 20.6. The molecule has 0 aromatic heterocycles. The zero-order valence-corrected chi connectivity index (χ0v) is 21.4. The molecule has 0 bridgehead atoms. The van der Waals surface area contributed by atoms with E-state index >= 15 is 0 Å². The van der Waals surface area contributed by atoms with E-state index in [1.54, 1.807) is 24.3 Å². The summed E-state index contributed by atoms with van der Waals surface area (Å²) in [7, 11) is 0. The number of carbonyl (C=O) groups is 3. The van der Waals surface area contributed by atoms with Gasteiger partial charge in [0.15, 0.2) is 0 Å². The lowest BCUT2D eigenvalue weighted by atomic mass is 9.66. The highest BCUT2D eigenvalue weighted by Crippen LogP contribution is 2.44. The molecular weight excluding hydrogens is 464 g/mol. The predicted octanol–water partition coefficient (Wildman–Crippen LogP) is 5.52. The van der Waals surface area contributed by atoms with E-state index in [0.717, 1.165) is 25.7 Å². The van der Waals surface area contributed by atoms with E-state index in [-0.39, 0.29) is 29.1 Å². The molecule has 0 saturated heterocycles. The van der Waals surface area contributed by atoms with Crippen molar-refractivity contribution in [1.29, 1.82) is 0 Å². The third-order valence-corrected chi connectivity index (χ3v) is 7.14. The number of halogens is 1. The summed E-state index contributed by atoms with van der Waals surface area (Å²) in [6.45, 7) is 6.67. The van der Waals surface area contributed by atoms with Crippen LogP contribution in [0.3, 0.4) is 0 Å². The van der Waals surface area contributed by atoms with Gasteiger partial charge < -0.3 is 15.7 Å². The maximum absolute atomic E-state index is 12.5. The molecule has 1 saturated carbocycles. The fourth-order valence-corrected chi connectivity index (χ4v) is 5.26. The van der Waals surface area contributed by atoms with Crippen LogP contribution in [0, 0.1) is 17.3 Å². The van der Waals surface area contributed by atoms with Gasteiger partial charge in [-0.2, -0.15) is 0 Å². The van der Waals surface area contributed by atoms with E-state index in [4.69, 9.17) is 11.6 Å². The Morgan fingerprint density at radius 3 is 1.74 bits per heavy atom. The van der Waals surface area contributed by atoms with Gasteiger partial charge in [-0.25, -0.2) is 0 Å². The minimum absolute atomic E-state index is 0.185. The first-order valence-electron chi connectivity index (χ1n) is 12.2. The van der Waals surface area contributed by atoms with Crippen LogP contribution in [0.1, 0.15) is 78.7 Å². The van der Waals surface area contributed by atoms with Gasteiger partial charge in [0.1, 0.15) is 0 Å². The number of hydrogen-bond donors (Lipinski definition) is 3. The Morgan fingerprint density at radius 2 is 1.31 bits per heavy atom. The molecule has 1 aliphatic rings. The summed E-state index contributed by atoms with van der Waals surface area (Å²) in [5.74, 6) is -0.830. The number of aliphatic carboxylic acids is 1. The predicted molar refractivity (Wildman–Crippen MR) is 138 cm³/mol. The van der Waals surface area contributed by atoms with Crippen molar-refractivity contribution >= 4 is 29.4 Å². The number of rotatable bonds is 8. The summed E-state index contributed by atoms with van der Waals surface area (Å²) in [5, 5.41) is 15.9. The minimum Gasteiger partial charge on any atom is -0.481 e. The van der Waals surface area contributed by atoms with Gasteiger partial charge in [-0.1, -0.05) is 44.5 Å². The lowest BCUT2D eigenvalue weighted by Crippen LogP contribution is -2.36. The summed E-state index contributed by atoms with van der Waals surface area (Å²) < 4.78 is 0. The number of carboxylic acids is 1. The average molecular weight is 499 g/mol. The second kappa shape index (κ2) is 11.7. The first-order chi connectivity index (χ1) is 16.6. The quantitative estimate of drug-likeness (QED) is 0.417. The Labute approximate surface area is 212 Å². The Bertz CT molecular complexity index is 1020. The molecule has 7 heteroatoms. The molecule has 1 fully saturated rings. The number of nitrogens with one attached hydrogen (secondary N) is 2. The van der Waals surface area contributed by atoms with Crippen molar-refractivity contribution in [3.63, 3.8) is 0 Å². The normalized spacial score (nSPS) is 19.0. The van der Waals surface area contributed by atoms with Crippen LogP contribution in [0.15, 0.2) is 48.5 Å². The highest BCUT2D eigenvalue weighted by Gasteiger charge is 2.39. The number of amides is 2. The van der Waals surface area contributed by atoms with Crippen LogP contribution in [0.5, 0.6) is 0 Å².